The molecule has 0 radical (unpaired) electrons. The van der Waals surface area contributed by atoms with E-state index in [0.29, 0.717) is 17.4 Å². The largest absolute Gasteiger partial charge is 0.337 e. The zero-order valence-electron chi connectivity index (χ0n) is 12.1. The molecule has 5 nitrogen and oxygen atoms in total. The predicted octanol–water partition coefficient (Wildman–Crippen LogP) is 3.65. The molecule has 0 spiro atoms. The van der Waals surface area contributed by atoms with Gasteiger partial charge in [0.1, 0.15) is 5.69 Å². The van der Waals surface area contributed by atoms with Crippen molar-refractivity contribution in [1.82, 2.24) is 15.1 Å². The Hall–Kier alpha value is -1.27. The molecule has 0 aromatic carbocycles. The number of hydrogen-bond acceptors (Lipinski definition) is 5. The van der Waals surface area contributed by atoms with Crippen LogP contribution in [0.5, 0.6) is 0 Å². The maximum Gasteiger partial charge on any atom is 0.247 e. The molecule has 1 aliphatic carbocycles. The maximum absolute atomic E-state index is 6.50. The van der Waals surface area contributed by atoms with Gasteiger partial charge in [-0.05, 0) is 59.7 Å². The molecule has 1 aliphatic rings. The molecular weight excluding hydrogens is 332 g/mol. The Morgan fingerprint density at radius 3 is 2.86 bits per heavy atom. The summed E-state index contributed by atoms with van der Waals surface area (Å²) in [6.07, 6.45) is 6.97. The number of hydrogen-bond donors (Lipinski definition) is 1. The minimum atomic E-state index is -0.488. The van der Waals surface area contributed by atoms with Crippen LogP contribution in [0.15, 0.2) is 27.3 Å². The van der Waals surface area contributed by atoms with Crippen molar-refractivity contribution in [2.24, 2.45) is 11.7 Å². The van der Waals surface area contributed by atoms with Crippen molar-refractivity contribution in [3.05, 3.63) is 28.7 Å². The average molecular weight is 351 g/mol. The summed E-state index contributed by atoms with van der Waals surface area (Å²) >= 11 is 3.45. The Morgan fingerprint density at radius 2 is 2.19 bits per heavy atom. The molecule has 1 saturated carbocycles. The van der Waals surface area contributed by atoms with Gasteiger partial charge < -0.3 is 10.3 Å². The van der Waals surface area contributed by atoms with E-state index in [9.17, 15) is 0 Å². The van der Waals surface area contributed by atoms with Crippen LogP contribution in [0.3, 0.4) is 0 Å². The third kappa shape index (κ3) is 2.87. The number of nitrogens with zero attached hydrogens (tertiary/aromatic N) is 3. The highest BCUT2D eigenvalue weighted by Crippen LogP contribution is 2.38. The molecule has 2 heterocycles. The fourth-order valence-electron chi connectivity index (χ4n) is 2.89. The van der Waals surface area contributed by atoms with Crippen molar-refractivity contribution in [2.75, 3.05) is 0 Å². The second-order valence-electron chi connectivity index (χ2n) is 5.76. The summed E-state index contributed by atoms with van der Waals surface area (Å²) in [4.78, 5) is 8.77. The number of rotatable bonds is 3. The Morgan fingerprint density at radius 1 is 1.43 bits per heavy atom. The molecule has 2 aromatic rings. The summed E-state index contributed by atoms with van der Waals surface area (Å²) in [5.41, 5.74) is 6.69. The van der Waals surface area contributed by atoms with E-state index in [1.54, 1.807) is 6.20 Å². The van der Waals surface area contributed by atoms with Gasteiger partial charge >= 0.3 is 0 Å². The van der Waals surface area contributed by atoms with E-state index in [4.69, 9.17) is 10.3 Å². The van der Waals surface area contributed by atoms with Gasteiger partial charge in [-0.1, -0.05) is 18.5 Å². The maximum atomic E-state index is 6.50. The normalized spacial score (nSPS) is 26.0. The van der Waals surface area contributed by atoms with Crippen molar-refractivity contribution in [3.8, 4) is 11.5 Å². The topological polar surface area (TPSA) is 77.8 Å². The highest BCUT2D eigenvalue weighted by Gasteiger charge is 2.37. The zero-order valence-corrected chi connectivity index (χ0v) is 13.6. The van der Waals surface area contributed by atoms with Crippen LogP contribution in [0.1, 0.15) is 44.9 Å². The molecule has 0 amide bonds. The summed E-state index contributed by atoms with van der Waals surface area (Å²) in [5.74, 6) is 1.79. The van der Waals surface area contributed by atoms with E-state index in [-0.39, 0.29) is 0 Å². The first-order valence-corrected chi connectivity index (χ1v) is 8.15. The van der Waals surface area contributed by atoms with E-state index >= 15 is 0 Å². The first-order chi connectivity index (χ1) is 10.1. The van der Waals surface area contributed by atoms with Crippen LogP contribution in [0.2, 0.25) is 0 Å². The highest BCUT2D eigenvalue weighted by molar-refractivity contribution is 9.10. The van der Waals surface area contributed by atoms with Crippen LogP contribution in [0.4, 0.5) is 0 Å². The molecule has 0 saturated heterocycles. The zero-order chi connectivity index (χ0) is 14.9. The van der Waals surface area contributed by atoms with Gasteiger partial charge in [-0.25, -0.2) is 0 Å². The smallest absolute Gasteiger partial charge is 0.247 e. The first-order valence-electron chi connectivity index (χ1n) is 7.36. The van der Waals surface area contributed by atoms with Gasteiger partial charge in [0.25, 0.3) is 0 Å². The molecule has 0 atom stereocenters. The van der Waals surface area contributed by atoms with Gasteiger partial charge in [-0.15, -0.1) is 0 Å². The van der Waals surface area contributed by atoms with Crippen LogP contribution in [0, 0.1) is 5.92 Å². The standard InChI is InChI=1S/C15H19BrN4O/c1-2-10-5-7-15(17,8-6-10)14-19-13(20-21-14)12-11(16)4-3-9-18-12/h3-4,9-10H,2,5-8,17H2,1H3. The van der Waals surface area contributed by atoms with Crippen molar-refractivity contribution in [2.45, 2.75) is 44.6 Å². The number of halogens is 1. The number of nitrogens with two attached hydrogens (primary N) is 1. The summed E-state index contributed by atoms with van der Waals surface area (Å²) in [6.45, 7) is 2.23. The minimum absolute atomic E-state index is 0.486. The van der Waals surface area contributed by atoms with Gasteiger partial charge in [0.05, 0.1) is 5.54 Å². The van der Waals surface area contributed by atoms with Crippen LogP contribution in [0.25, 0.3) is 11.5 Å². The molecule has 3 rings (SSSR count). The Bertz CT molecular complexity index is 620. The van der Waals surface area contributed by atoms with E-state index in [1.165, 1.54) is 6.42 Å². The quantitative estimate of drug-likeness (QED) is 0.913. The van der Waals surface area contributed by atoms with Crippen LogP contribution in [-0.2, 0) is 5.54 Å². The molecule has 2 N–H and O–H groups in total. The summed E-state index contributed by atoms with van der Waals surface area (Å²) in [5, 5.41) is 4.05. The fraction of sp³-hybridized carbons (Fsp3) is 0.533. The van der Waals surface area contributed by atoms with Gasteiger partial charge in [-0.2, -0.15) is 4.98 Å². The third-order valence-electron chi connectivity index (χ3n) is 4.40. The monoisotopic (exact) mass is 350 g/mol. The molecule has 112 valence electrons. The summed E-state index contributed by atoms with van der Waals surface area (Å²) < 4.78 is 6.28. The Labute approximate surface area is 132 Å². The Balaban J connectivity index is 1.84. The van der Waals surface area contributed by atoms with Crippen molar-refractivity contribution < 1.29 is 4.52 Å². The van der Waals surface area contributed by atoms with Crippen molar-refractivity contribution >= 4 is 15.9 Å². The van der Waals surface area contributed by atoms with E-state index in [1.807, 2.05) is 12.1 Å². The molecule has 2 aromatic heterocycles. The van der Waals surface area contributed by atoms with Crippen molar-refractivity contribution in [1.29, 1.82) is 0 Å². The fourth-order valence-corrected chi connectivity index (χ4v) is 3.32. The SMILES string of the molecule is CCC1CCC(N)(c2nc(-c3ncccc3Br)no2)CC1. The van der Waals surface area contributed by atoms with E-state index in [2.05, 4.69) is 38.0 Å². The lowest BCUT2D eigenvalue weighted by Crippen LogP contribution is -2.40. The molecule has 0 bridgehead atoms. The summed E-state index contributed by atoms with van der Waals surface area (Å²) in [6, 6.07) is 3.76. The molecule has 1 fully saturated rings. The Kier molecular flexibility index (Phi) is 4.08. The van der Waals surface area contributed by atoms with Gasteiger partial charge in [-0.3, -0.25) is 4.98 Å². The van der Waals surface area contributed by atoms with Crippen LogP contribution < -0.4 is 5.73 Å². The second-order valence-corrected chi connectivity index (χ2v) is 6.62. The van der Waals surface area contributed by atoms with E-state index < -0.39 is 5.54 Å². The summed E-state index contributed by atoms with van der Waals surface area (Å²) in [7, 11) is 0. The molecule has 0 unspecified atom stereocenters. The van der Waals surface area contributed by atoms with Gasteiger partial charge in [0.15, 0.2) is 0 Å². The molecule has 6 heteroatoms. The van der Waals surface area contributed by atoms with Crippen molar-refractivity contribution in [3.63, 3.8) is 0 Å². The first kappa shape index (κ1) is 14.7. The average Bonchev–Trinajstić information content (AvgIpc) is 2.99. The second kappa shape index (κ2) is 5.85. The third-order valence-corrected chi connectivity index (χ3v) is 5.04. The number of pyridine rings is 1. The predicted molar refractivity (Wildman–Crippen MR) is 83.3 cm³/mol. The lowest BCUT2D eigenvalue weighted by molar-refractivity contribution is 0.181. The molecule has 21 heavy (non-hydrogen) atoms. The van der Waals surface area contributed by atoms with Gasteiger partial charge in [0.2, 0.25) is 11.7 Å². The number of aromatic nitrogens is 3. The molecular formula is C15H19BrN4O. The lowest BCUT2D eigenvalue weighted by atomic mass is 9.76. The van der Waals surface area contributed by atoms with Gasteiger partial charge in [0, 0.05) is 10.7 Å². The lowest BCUT2D eigenvalue weighted by Gasteiger charge is -2.33. The highest BCUT2D eigenvalue weighted by atomic mass is 79.9. The minimum Gasteiger partial charge on any atom is -0.337 e. The molecule has 0 aliphatic heterocycles. The van der Waals surface area contributed by atoms with Crippen LogP contribution in [-0.4, -0.2) is 15.1 Å². The van der Waals surface area contributed by atoms with E-state index in [0.717, 1.165) is 36.1 Å². The van der Waals surface area contributed by atoms with Crippen LogP contribution >= 0.6 is 15.9 Å².